The van der Waals surface area contributed by atoms with Gasteiger partial charge in [0.15, 0.2) is 0 Å². The molecular formula is C15H12Cl2F3NO. The van der Waals surface area contributed by atoms with Gasteiger partial charge in [-0.3, -0.25) is 5.32 Å². The van der Waals surface area contributed by atoms with E-state index in [4.69, 9.17) is 23.2 Å². The highest BCUT2D eigenvalue weighted by Crippen LogP contribution is 2.30. The van der Waals surface area contributed by atoms with Crippen molar-refractivity contribution in [2.24, 2.45) is 0 Å². The van der Waals surface area contributed by atoms with Gasteiger partial charge in [0.25, 0.3) is 0 Å². The van der Waals surface area contributed by atoms with Crippen LogP contribution in [0.1, 0.15) is 22.9 Å². The van der Waals surface area contributed by atoms with Gasteiger partial charge in [0.1, 0.15) is 6.23 Å². The smallest absolute Gasteiger partial charge is 0.374 e. The monoisotopic (exact) mass is 349 g/mol. The first-order valence-corrected chi connectivity index (χ1v) is 7.06. The highest BCUT2D eigenvalue weighted by molar-refractivity contribution is 6.36. The predicted octanol–water partition coefficient (Wildman–Crippen LogP) is 4.79. The first-order valence-electron chi connectivity index (χ1n) is 6.30. The summed E-state index contributed by atoms with van der Waals surface area (Å²) in [6.45, 7) is 0.168. The summed E-state index contributed by atoms with van der Waals surface area (Å²) in [7, 11) is 0. The summed E-state index contributed by atoms with van der Waals surface area (Å²) in [5.74, 6) is 0. The highest BCUT2D eigenvalue weighted by atomic mass is 35.5. The lowest BCUT2D eigenvalue weighted by Gasteiger charge is -2.16. The summed E-state index contributed by atoms with van der Waals surface area (Å²) in [5.41, 5.74) is 0.207. The molecule has 118 valence electrons. The molecule has 0 aliphatic heterocycles. The Morgan fingerprint density at radius 1 is 1.00 bits per heavy atom. The molecule has 0 aromatic heterocycles. The fourth-order valence-corrected chi connectivity index (χ4v) is 2.50. The van der Waals surface area contributed by atoms with Gasteiger partial charge in [0, 0.05) is 22.2 Å². The molecule has 1 unspecified atom stereocenters. The second-order valence-electron chi connectivity index (χ2n) is 4.61. The molecule has 0 radical (unpaired) electrons. The molecule has 0 aliphatic rings. The van der Waals surface area contributed by atoms with E-state index >= 15 is 0 Å². The minimum absolute atomic E-state index is 0.168. The molecule has 2 rings (SSSR count). The van der Waals surface area contributed by atoms with Crippen molar-refractivity contribution in [1.82, 2.24) is 5.32 Å². The molecule has 7 heteroatoms. The molecule has 0 heterocycles. The van der Waals surface area contributed by atoms with E-state index in [2.05, 4.69) is 5.32 Å². The number of rotatable bonds is 4. The molecule has 0 saturated heterocycles. The fourth-order valence-electron chi connectivity index (χ4n) is 1.90. The lowest BCUT2D eigenvalue weighted by molar-refractivity contribution is -0.137. The molecule has 0 amide bonds. The lowest BCUT2D eigenvalue weighted by Crippen LogP contribution is -2.21. The van der Waals surface area contributed by atoms with Crippen LogP contribution in [0.15, 0.2) is 42.5 Å². The molecule has 2 aromatic carbocycles. The normalized spacial score (nSPS) is 13.2. The van der Waals surface area contributed by atoms with Gasteiger partial charge >= 0.3 is 6.18 Å². The Balaban J connectivity index is 2.04. The van der Waals surface area contributed by atoms with Crippen molar-refractivity contribution in [3.05, 3.63) is 69.2 Å². The molecule has 0 spiro atoms. The maximum Gasteiger partial charge on any atom is 0.416 e. The minimum atomic E-state index is -4.36. The number of benzene rings is 2. The zero-order chi connectivity index (χ0) is 16.3. The molecule has 0 saturated carbocycles. The molecule has 0 aliphatic carbocycles. The standard InChI is InChI=1S/C15H12Cl2F3NO/c16-11-2-1-3-12(17)13(11)14(22)21-8-9-4-6-10(7-5-9)15(18,19)20/h1-7,14,21-22H,8H2. The van der Waals surface area contributed by atoms with Crippen LogP contribution in [-0.2, 0) is 12.7 Å². The van der Waals surface area contributed by atoms with Crippen LogP contribution >= 0.6 is 23.2 Å². The number of aliphatic hydroxyl groups is 1. The Morgan fingerprint density at radius 2 is 1.55 bits per heavy atom. The largest absolute Gasteiger partial charge is 0.416 e. The summed E-state index contributed by atoms with van der Waals surface area (Å²) in [4.78, 5) is 0. The van der Waals surface area contributed by atoms with Crippen LogP contribution in [0.4, 0.5) is 13.2 Å². The van der Waals surface area contributed by atoms with E-state index in [9.17, 15) is 18.3 Å². The number of alkyl halides is 3. The van der Waals surface area contributed by atoms with E-state index in [0.29, 0.717) is 21.2 Å². The molecule has 0 fully saturated rings. The SMILES string of the molecule is OC(NCc1ccc(C(F)(F)F)cc1)c1c(Cl)cccc1Cl. The van der Waals surface area contributed by atoms with E-state index in [1.807, 2.05) is 0 Å². The number of hydrogen-bond acceptors (Lipinski definition) is 2. The molecule has 2 nitrogen and oxygen atoms in total. The van der Waals surface area contributed by atoms with Crippen LogP contribution in [-0.4, -0.2) is 5.11 Å². The molecular weight excluding hydrogens is 338 g/mol. The van der Waals surface area contributed by atoms with Crippen LogP contribution < -0.4 is 5.32 Å². The van der Waals surface area contributed by atoms with Crippen molar-refractivity contribution < 1.29 is 18.3 Å². The fraction of sp³-hybridized carbons (Fsp3) is 0.200. The minimum Gasteiger partial charge on any atom is -0.374 e. The average Bonchev–Trinajstić information content (AvgIpc) is 2.44. The lowest BCUT2D eigenvalue weighted by atomic mass is 10.1. The van der Waals surface area contributed by atoms with Gasteiger partial charge in [-0.05, 0) is 29.8 Å². The van der Waals surface area contributed by atoms with Crippen LogP contribution in [0.5, 0.6) is 0 Å². The Morgan fingerprint density at radius 3 is 2.05 bits per heavy atom. The second kappa shape index (κ2) is 6.87. The molecule has 2 N–H and O–H groups in total. The van der Waals surface area contributed by atoms with Gasteiger partial charge in [-0.15, -0.1) is 0 Å². The average molecular weight is 350 g/mol. The summed E-state index contributed by atoms with van der Waals surface area (Å²) in [6, 6.07) is 9.50. The van der Waals surface area contributed by atoms with Crippen molar-refractivity contribution in [3.63, 3.8) is 0 Å². The van der Waals surface area contributed by atoms with Gasteiger partial charge in [-0.1, -0.05) is 41.4 Å². The van der Waals surface area contributed by atoms with Crippen LogP contribution in [0.3, 0.4) is 0 Å². The van der Waals surface area contributed by atoms with Gasteiger partial charge in [0.2, 0.25) is 0 Å². The Bertz CT molecular complexity index is 624. The van der Waals surface area contributed by atoms with E-state index in [1.54, 1.807) is 18.2 Å². The number of halogens is 5. The van der Waals surface area contributed by atoms with Gasteiger partial charge in [-0.2, -0.15) is 13.2 Å². The van der Waals surface area contributed by atoms with Crippen molar-refractivity contribution in [2.75, 3.05) is 0 Å². The topological polar surface area (TPSA) is 32.3 Å². The first-order chi connectivity index (χ1) is 10.3. The van der Waals surface area contributed by atoms with E-state index in [0.717, 1.165) is 12.1 Å². The van der Waals surface area contributed by atoms with Crippen LogP contribution in [0.2, 0.25) is 10.0 Å². The third-order valence-electron chi connectivity index (χ3n) is 3.05. The Kier molecular flexibility index (Phi) is 5.34. The number of aliphatic hydroxyl groups excluding tert-OH is 1. The summed E-state index contributed by atoms with van der Waals surface area (Å²) >= 11 is 11.9. The molecule has 2 aromatic rings. The van der Waals surface area contributed by atoms with Gasteiger partial charge in [-0.25, -0.2) is 0 Å². The third kappa shape index (κ3) is 4.14. The summed E-state index contributed by atoms with van der Waals surface area (Å²) in [6.07, 6.45) is -5.49. The van der Waals surface area contributed by atoms with E-state index in [1.165, 1.54) is 12.1 Å². The molecule has 22 heavy (non-hydrogen) atoms. The Hall–Kier alpha value is -1.27. The number of hydrogen-bond donors (Lipinski definition) is 2. The predicted molar refractivity (Wildman–Crippen MR) is 79.7 cm³/mol. The van der Waals surface area contributed by atoms with Gasteiger partial charge < -0.3 is 5.11 Å². The maximum atomic E-state index is 12.5. The van der Waals surface area contributed by atoms with Crippen molar-refractivity contribution >= 4 is 23.2 Å². The zero-order valence-corrected chi connectivity index (χ0v) is 12.7. The Labute approximate surface area is 135 Å². The summed E-state index contributed by atoms with van der Waals surface area (Å²) < 4.78 is 37.4. The van der Waals surface area contributed by atoms with Crippen molar-refractivity contribution in [2.45, 2.75) is 18.9 Å². The molecule has 1 atom stereocenters. The number of nitrogens with one attached hydrogen (secondary N) is 1. The third-order valence-corrected chi connectivity index (χ3v) is 3.71. The van der Waals surface area contributed by atoms with E-state index < -0.39 is 18.0 Å². The highest BCUT2D eigenvalue weighted by Gasteiger charge is 2.29. The van der Waals surface area contributed by atoms with E-state index in [-0.39, 0.29) is 6.54 Å². The quantitative estimate of drug-likeness (QED) is 0.777. The van der Waals surface area contributed by atoms with Crippen LogP contribution in [0, 0.1) is 0 Å². The maximum absolute atomic E-state index is 12.5. The molecule has 0 bridgehead atoms. The summed E-state index contributed by atoms with van der Waals surface area (Å²) in [5, 5.41) is 13.4. The second-order valence-corrected chi connectivity index (χ2v) is 5.43. The van der Waals surface area contributed by atoms with Crippen molar-refractivity contribution in [1.29, 1.82) is 0 Å². The first kappa shape index (κ1) is 17.1. The van der Waals surface area contributed by atoms with Crippen molar-refractivity contribution in [3.8, 4) is 0 Å². The van der Waals surface area contributed by atoms with Gasteiger partial charge in [0.05, 0.1) is 5.56 Å². The zero-order valence-electron chi connectivity index (χ0n) is 11.2. The van der Waals surface area contributed by atoms with Crippen LogP contribution in [0.25, 0.3) is 0 Å².